The van der Waals surface area contributed by atoms with E-state index in [4.69, 9.17) is 16.1 Å². The molecule has 0 aliphatic heterocycles. The molecule has 4 aromatic rings. The number of rotatable bonds is 9. The number of nitrogens with zero attached hydrogens (tertiary/aromatic N) is 4. The summed E-state index contributed by atoms with van der Waals surface area (Å²) in [6, 6.07) is 19.1. The number of halogens is 1. The molecule has 4 rings (SSSR count). The smallest absolute Gasteiger partial charge is 0.316 e. The summed E-state index contributed by atoms with van der Waals surface area (Å²) in [5, 5.41) is 14.3. The van der Waals surface area contributed by atoms with Crippen LogP contribution in [-0.4, -0.2) is 44.8 Å². The van der Waals surface area contributed by atoms with Gasteiger partial charge in [-0.05, 0) is 25.0 Å². The lowest BCUT2D eigenvalue weighted by Crippen LogP contribution is -2.37. The summed E-state index contributed by atoms with van der Waals surface area (Å²) in [7, 11) is 0. The molecule has 10 heteroatoms. The van der Waals surface area contributed by atoms with Crippen LogP contribution in [0.15, 0.2) is 65.2 Å². The number of carbonyl (C=O) groups excluding carboxylic acids is 2. The van der Waals surface area contributed by atoms with Crippen LogP contribution in [-0.2, 0) is 11.3 Å². The molecule has 2 aromatic heterocycles. The van der Waals surface area contributed by atoms with Crippen molar-refractivity contribution in [3.8, 4) is 0 Å². The Labute approximate surface area is 207 Å². The van der Waals surface area contributed by atoms with E-state index in [1.807, 2.05) is 74.5 Å². The van der Waals surface area contributed by atoms with Gasteiger partial charge in [0.15, 0.2) is 5.82 Å². The molecule has 0 saturated heterocycles. The number of amides is 2. The maximum Gasteiger partial charge on any atom is 0.316 e. The second kappa shape index (κ2) is 11.0. The summed E-state index contributed by atoms with van der Waals surface area (Å²) < 4.78 is 6.72. The van der Waals surface area contributed by atoms with Crippen molar-refractivity contribution in [3.63, 3.8) is 0 Å². The van der Waals surface area contributed by atoms with Gasteiger partial charge in [0.25, 0.3) is 0 Å². The van der Waals surface area contributed by atoms with E-state index in [2.05, 4.69) is 25.9 Å². The highest BCUT2D eigenvalue weighted by atomic mass is 35.5. The lowest BCUT2D eigenvalue weighted by Gasteiger charge is -2.18. The number of carbonyl (C=O) groups is 2. The lowest BCUT2D eigenvalue weighted by atomic mass is 9.90. The highest BCUT2D eigenvalue weighted by Gasteiger charge is 2.22. The van der Waals surface area contributed by atoms with Crippen molar-refractivity contribution in [2.45, 2.75) is 26.3 Å². The quantitative estimate of drug-likeness (QED) is 0.346. The molecule has 9 nitrogen and oxygen atoms in total. The third-order valence-corrected chi connectivity index (χ3v) is 6.03. The predicted octanol–water partition coefficient (Wildman–Crippen LogP) is 3.26. The fourth-order valence-electron chi connectivity index (χ4n) is 3.70. The fourth-order valence-corrected chi connectivity index (χ4v) is 3.83. The van der Waals surface area contributed by atoms with E-state index >= 15 is 0 Å². The minimum absolute atomic E-state index is 0.153. The molecule has 0 unspecified atom stereocenters. The van der Waals surface area contributed by atoms with Crippen LogP contribution in [0.1, 0.15) is 44.9 Å². The van der Waals surface area contributed by atoms with Gasteiger partial charge < -0.3 is 15.2 Å². The first-order chi connectivity index (χ1) is 16.9. The van der Waals surface area contributed by atoms with Crippen LogP contribution in [0, 0.1) is 13.8 Å². The largest absolute Gasteiger partial charge is 0.354 e. The first-order valence-corrected chi connectivity index (χ1v) is 11.5. The monoisotopic (exact) mass is 492 g/mol. The minimum Gasteiger partial charge on any atom is -0.354 e. The van der Waals surface area contributed by atoms with Gasteiger partial charge in [-0.2, -0.15) is 10.1 Å². The van der Waals surface area contributed by atoms with Crippen LogP contribution in [0.5, 0.6) is 0 Å². The predicted molar refractivity (Wildman–Crippen MR) is 130 cm³/mol. The van der Waals surface area contributed by atoms with Gasteiger partial charge >= 0.3 is 11.8 Å². The Bertz CT molecular complexity index is 1260. The Balaban J connectivity index is 1.31. The SMILES string of the molecule is Cc1nn(Cc2noc(C(=O)NCCNC(=O)C(c3ccccc3)c3ccccc3)n2)c(C)c1Cl. The van der Waals surface area contributed by atoms with Crippen LogP contribution in [0.4, 0.5) is 0 Å². The van der Waals surface area contributed by atoms with Crippen LogP contribution >= 0.6 is 11.6 Å². The van der Waals surface area contributed by atoms with Crippen LogP contribution in [0.25, 0.3) is 0 Å². The summed E-state index contributed by atoms with van der Waals surface area (Å²) in [5.41, 5.74) is 3.26. The van der Waals surface area contributed by atoms with E-state index in [1.165, 1.54) is 0 Å². The average Bonchev–Trinajstić information content (AvgIpc) is 3.44. The number of hydrogen-bond acceptors (Lipinski definition) is 6. The van der Waals surface area contributed by atoms with Crippen molar-refractivity contribution in [1.82, 2.24) is 30.6 Å². The third-order valence-electron chi connectivity index (χ3n) is 5.48. The highest BCUT2D eigenvalue weighted by molar-refractivity contribution is 6.31. The molecule has 0 aliphatic carbocycles. The van der Waals surface area contributed by atoms with Crippen molar-refractivity contribution >= 4 is 23.4 Å². The Kier molecular flexibility index (Phi) is 7.57. The highest BCUT2D eigenvalue weighted by Crippen LogP contribution is 2.24. The molecule has 35 heavy (non-hydrogen) atoms. The van der Waals surface area contributed by atoms with E-state index in [9.17, 15) is 9.59 Å². The molecule has 2 amide bonds. The molecular formula is C25H25ClN6O3. The fraction of sp³-hybridized carbons (Fsp3) is 0.240. The van der Waals surface area contributed by atoms with Crippen molar-refractivity contribution in [1.29, 1.82) is 0 Å². The van der Waals surface area contributed by atoms with E-state index in [-0.39, 0.29) is 31.4 Å². The van der Waals surface area contributed by atoms with E-state index in [0.717, 1.165) is 16.8 Å². The zero-order chi connectivity index (χ0) is 24.8. The first kappa shape index (κ1) is 24.2. The number of nitrogens with one attached hydrogen (secondary N) is 2. The van der Waals surface area contributed by atoms with Gasteiger partial charge in [0.05, 0.1) is 22.3 Å². The van der Waals surface area contributed by atoms with Crippen molar-refractivity contribution in [2.75, 3.05) is 13.1 Å². The van der Waals surface area contributed by atoms with Gasteiger partial charge in [-0.15, -0.1) is 0 Å². The Hall–Kier alpha value is -3.98. The lowest BCUT2D eigenvalue weighted by molar-refractivity contribution is -0.121. The van der Waals surface area contributed by atoms with Crippen LogP contribution < -0.4 is 10.6 Å². The molecule has 0 spiro atoms. The molecule has 2 heterocycles. The first-order valence-electron chi connectivity index (χ1n) is 11.1. The molecule has 180 valence electrons. The summed E-state index contributed by atoms with van der Waals surface area (Å²) >= 11 is 6.16. The van der Waals surface area contributed by atoms with Gasteiger partial charge in [-0.3, -0.25) is 14.3 Å². The van der Waals surface area contributed by atoms with Gasteiger partial charge in [-0.1, -0.05) is 77.4 Å². The van der Waals surface area contributed by atoms with Crippen molar-refractivity contribution in [2.24, 2.45) is 0 Å². The van der Waals surface area contributed by atoms with E-state index in [1.54, 1.807) is 4.68 Å². The molecule has 2 aromatic carbocycles. The molecule has 0 saturated carbocycles. The summed E-state index contributed by atoms with van der Waals surface area (Å²) in [4.78, 5) is 29.5. The third kappa shape index (κ3) is 5.75. The van der Waals surface area contributed by atoms with Crippen molar-refractivity contribution in [3.05, 3.63) is 99.9 Å². The Morgan fingerprint density at radius 3 is 2.14 bits per heavy atom. The topological polar surface area (TPSA) is 115 Å². The molecule has 0 radical (unpaired) electrons. The standard InChI is InChI=1S/C25H25ClN6O3/c1-16-22(26)17(2)32(30-16)15-20-29-25(35-31-20)24(34)28-14-13-27-23(33)21(18-9-5-3-6-10-18)19-11-7-4-8-12-19/h3-12,21H,13-15H2,1-2H3,(H,27,33)(H,28,34). The van der Waals surface area contributed by atoms with E-state index < -0.39 is 11.8 Å². The number of benzene rings is 2. The van der Waals surface area contributed by atoms with Crippen LogP contribution in [0.2, 0.25) is 5.02 Å². The zero-order valence-corrected chi connectivity index (χ0v) is 20.1. The molecule has 0 atom stereocenters. The Morgan fingerprint density at radius 2 is 1.57 bits per heavy atom. The zero-order valence-electron chi connectivity index (χ0n) is 19.4. The summed E-state index contributed by atoms with van der Waals surface area (Å²) in [6.45, 7) is 4.32. The number of aryl methyl sites for hydroxylation is 1. The van der Waals surface area contributed by atoms with Gasteiger partial charge in [0, 0.05) is 13.1 Å². The Morgan fingerprint density at radius 1 is 0.971 bits per heavy atom. The van der Waals surface area contributed by atoms with E-state index in [0.29, 0.717) is 16.5 Å². The maximum absolute atomic E-state index is 13.0. The maximum atomic E-state index is 13.0. The molecule has 0 aliphatic rings. The molecular weight excluding hydrogens is 468 g/mol. The van der Waals surface area contributed by atoms with Gasteiger partial charge in [0.2, 0.25) is 5.91 Å². The van der Waals surface area contributed by atoms with Crippen LogP contribution in [0.3, 0.4) is 0 Å². The number of aromatic nitrogens is 4. The van der Waals surface area contributed by atoms with Crippen molar-refractivity contribution < 1.29 is 14.1 Å². The number of hydrogen-bond donors (Lipinski definition) is 2. The molecule has 2 N–H and O–H groups in total. The normalized spacial score (nSPS) is 11.0. The molecule has 0 bridgehead atoms. The second-order valence-corrected chi connectivity index (χ2v) is 8.34. The average molecular weight is 493 g/mol. The van der Waals surface area contributed by atoms with Gasteiger partial charge in [-0.25, -0.2) is 0 Å². The summed E-state index contributed by atoms with van der Waals surface area (Å²) in [6.07, 6.45) is 0. The minimum atomic E-state index is -0.521. The second-order valence-electron chi connectivity index (χ2n) is 7.96. The molecule has 0 fully saturated rings. The van der Waals surface area contributed by atoms with Gasteiger partial charge in [0.1, 0.15) is 6.54 Å². The summed E-state index contributed by atoms with van der Waals surface area (Å²) in [5.74, 6) is -0.980.